The standard InChI is InChI=1S/C18H15BrFN3O3/c1-11(12-2-6-14(19)7-3-12)21-16(24)10-23-18(25)26-17(22-23)13-4-8-15(20)9-5-13/h2-9,11H,10H2,1H3,(H,21,24)/t11-/m0/s1. The molecular weight excluding hydrogens is 405 g/mol. The van der Waals surface area contributed by atoms with Crippen molar-refractivity contribution in [2.75, 3.05) is 0 Å². The first kappa shape index (κ1) is 18.1. The Hall–Kier alpha value is -2.74. The summed E-state index contributed by atoms with van der Waals surface area (Å²) in [5.41, 5.74) is 1.38. The summed E-state index contributed by atoms with van der Waals surface area (Å²) in [5.74, 6) is -1.50. The molecule has 6 nitrogen and oxygen atoms in total. The van der Waals surface area contributed by atoms with Crippen LogP contribution in [0.15, 0.2) is 62.2 Å². The fourth-order valence-electron chi connectivity index (χ4n) is 2.37. The van der Waals surface area contributed by atoms with Crippen LogP contribution in [-0.4, -0.2) is 15.7 Å². The van der Waals surface area contributed by atoms with E-state index in [9.17, 15) is 14.0 Å². The van der Waals surface area contributed by atoms with Gasteiger partial charge in [0, 0.05) is 10.0 Å². The first-order chi connectivity index (χ1) is 12.4. The molecule has 0 radical (unpaired) electrons. The number of benzene rings is 2. The lowest BCUT2D eigenvalue weighted by Gasteiger charge is -2.14. The predicted molar refractivity (Wildman–Crippen MR) is 96.9 cm³/mol. The molecule has 0 bridgehead atoms. The van der Waals surface area contributed by atoms with Gasteiger partial charge in [-0.05, 0) is 48.9 Å². The highest BCUT2D eigenvalue weighted by Crippen LogP contribution is 2.17. The Morgan fingerprint density at radius 3 is 2.54 bits per heavy atom. The first-order valence-electron chi connectivity index (χ1n) is 7.81. The van der Waals surface area contributed by atoms with Gasteiger partial charge in [0.15, 0.2) is 0 Å². The van der Waals surface area contributed by atoms with Crippen molar-refractivity contribution in [3.05, 3.63) is 74.9 Å². The number of amides is 1. The lowest BCUT2D eigenvalue weighted by atomic mass is 10.1. The molecule has 1 heterocycles. The minimum absolute atomic E-state index is 0.0313. The molecule has 0 unspecified atom stereocenters. The van der Waals surface area contributed by atoms with E-state index >= 15 is 0 Å². The number of hydrogen-bond acceptors (Lipinski definition) is 4. The molecule has 134 valence electrons. The van der Waals surface area contributed by atoms with Gasteiger partial charge in [0.25, 0.3) is 0 Å². The predicted octanol–water partition coefficient (Wildman–Crippen LogP) is 3.28. The molecule has 0 spiro atoms. The van der Waals surface area contributed by atoms with Crippen molar-refractivity contribution >= 4 is 21.8 Å². The summed E-state index contributed by atoms with van der Waals surface area (Å²) in [6, 6.07) is 12.7. The van der Waals surface area contributed by atoms with Crippen LogP contribution in [0.25, 0.3) is 11.5 Å². The van der Waals surface area contributed by atoms with E-state index in [4.69, 9.17) is 4.42 Å². The molecule has 1 atom stereocenters. The summed E-state index contributed by atoms with van der Waals surface area (Å²) in [5, 5.41) is 6.79. The number of carbonyl (C=O) groups excluding carboxylic acids is 1. The van der Waals surface area contributed by atoms with Crippen LogP contribution in [0.4, 0.5) is 4.39 Å². The minimum atomic E-state index is -0.754. The Labute approximate surface area is 156 Å². The molecule has 0 saturated heterocycles. The van der Waals surface area contributed by atoms with E-state index in [0.29, 0.717) is 5.56 Å². The molecule has 0 aliphatic carbocycles. The summed E-state index contributed by atoms with van der Waals surface area (Å²) in [4.78, 5) is 24.1. The van der Waals surface area contributed by atoms with Crippen molar-refractivity contribution < 1.29 is 13.6 Å². The SMILES string of the molecule is C[C@H](NC(=O)Cn1nc(-c2ccc(F)cc2)oc1=O)c1ccc(Br)cc1. The molecule has 0 saturated carbocycles. The van der Waals surface area contributed by atoms with Gasteiger partial charge >= 0.3 is 5.76 Å². The Balaban J connectivity index is 1.68. The van der Waals surface area contributed by atoms with E-state index in [1.165, 1.54) is 24.3 Å². The summed E-state index contributed by atoms with van der Waals surface area (Å²) < 4.78 is 19.9. The number of aromatic nitrogens is 2. The Morgan fingerprint density at radius 2 is 1.88 bits per heavy atom. The molecule has 8 heteroatoms. The Bertz CT molecular complexity index is 965. The van der Waals surface area contributed by atoms with Gasteiger partial charge in [0.1, 0.15) is 12.4 Å². The van der Waals surface area contributed by atoms with Crippen molar-refractivity contribution in [1.82, 2.24) is 15.1 Å². The largest absolute Gasteiger partial charge is 0.437 e. The molecule has 0 aliphatic rings. The van der Waals surface area contributed by atoms with Gasteiger partial charge in [0.05, 0.1) is 6.04 Å². The van der Waals surface area contributed by atoms with Crippen LogP contribution in [0.2, 0.25) is 0 Å². The maximum atomic E-state index is 13.0. The summed E-state index contributed by atoms with van der Waals surface area (Å²) in [6.07, 6.45) is 0. The summed E-state index contributed by atoms with van der Waals surface area (Å²) >= 11 is 3.36. The topological polar surface area (TPSA) is 77.1 Å². The van der Waals surface area contributed by atoms with E-state index in [0.717, 1.165) is 14.7 Å². The third-order valence-corrected chi connectivity index (χ3v) is 4.27. The van der Waals surface area contributed by atoms with Crippen LogP contribution in [0.3, 0.4) is 0 Å². The number of rotatable bonds is 5. The van der Waals surface area contributed by atoms with Crippen molar-refractivity contribution in [2.45, 2.75) is 19.5 Å². The molecule has 0 aliphatic heterocycles. The van der Waals surface area contributed by atoms with Gasteiger partial charge in [-0.25, -0.2) is 9.18 Å². The molecule has 26 heavy (non-hydrogen) atoms. The van der Waals surface area contributed by atoms with E-state index in [2.05, 4.69) is 26.3 Å². The van der Waals surface area contributed by atoms with Gasteiger partial charge in [-0.2, -0.15) is 4.68 Å². The van der Waals surface area contributed by atoms with Crippen molar-refractivity contribution in [2.24, 2.45) is 0 Å². The third-order valence-electron chi connectivity index (χ3n) is 3.74. The Morgan fingerprint density at radius 1 is 1.23 bits per heavy atom. The number of nitrogens with zero attached hydrogens (tertiary/aromatic N) is 2. The van der Waals surface area contributed by atoms with Crippen LogP contribution in [0.1, 0.15) is 18.5 Å². The highest BCUT2D eigenvalue weighted by molar-refractivity contribution is 9.10. The molecule has 3 aromatic rings. The zero-order chi connectivity index (χ0) is 18.7. The molecule has 1 aromatic heterocycles. The van der Waals surface area contributed by atoms with Crippen molar-refractivity contribution in [1.29, 1.82) is 0 Å². The fourth-order valence-corrected chi connectivity index (χ4v) is 2.64. The average molecular weight is 420 g/mol. The molecule has 3 rings (SSSR count). The van der Waals surface area contributed by atoms with Crippen LogP contribution in [-0.2, 0) is 11.3 Å². The van der Waals surface area contributed by atoms with Crippen molar-refractivity contribution in [3.8, 4) is 11.5 Å². The molecule has 2 aromatic carbocycles. The van der Waals surface area contributed by atoms with Crippen molar-refractivity contribution in [3.63, 3.8) is 0 Å². The van der Waals surface area contributed by atoms with E-state index in [1.807, 2.05) is 31.2 Å². The second kappa shape index (κ2) is 7.65. The first-order valence-corrected chi connectivity index (χ1v) is 8.60. The Kier molecular flexibility index (Phi) is 5.32. The summed E-state index contributed by atoms with van der Waals surface area (Å²) in [7, 11) is 0. The second-order valence-corrected chi connectivity index (χ2v) is 6.59. The molecule has 1 N–H and O–H groups in total. The summed E-state index contributed by atoms with van der Waals surface area (Å²) in [6.45, 7) is 1.57. The average Bonchev–Trinajstić information content (AvgIpc) is 2.96. The van der Waals surface area contributed by atoms with E-state index in [-0.39, 0.29) is 24.4 Å². The van der Waals surface area contributed by atoms with Gasteiger partial charge in [0.2, 0.25) is 11.8 Å². The maximum Gasteiger partial charge on any atom is 0.437 e. The van der Waals surface area contributed by atoms with Gasteiger partial charge in [-0.3, -0.25) is 4.79 Å². The van der Waals surface area contributed by atoms with E-state index < -0.39 is 11.6 Å². The van der Waals surface area contributed by atoms with Gasteiger partial charge in [-0.1, -0.05) is 28.1 Å². The monoisotopic (exact) mass is 419 g/mol. The normalized spacial score (nSPS) is 12.0. The van der Waals surface area contributed by atoms with Gasteiger partial charge < -0.3 is 9.73 Å². The fraction of sp³-hybridized carbons (Fsp3) is 0.167. The smallest absolute Gasteiger partial charge is 0.388 e. The van der Waals surface area contributed by atoms with Crippen LogP contribution in [0.5, 0.6) is 0 Å². The number of carbonyl (C=O) groups is 1. The lowest BCUT2D eigenvalue weighted by molar-refractivity contribution is -0.122. The third kappa shape index (κ3) is 4.26. The molecule has 1 amide bonds. The molecular formula is C18H15BrFN3O3. The van der Waals surface area contributed by atoms with Crippen LogP contribution < -0.4 is 11.1 Å². The zero-order valence-corrected chi connectivity index (χ0v) is 15.4. The minimum Gasteiger partial charge on any atom is -0.388 e. The number of nitrogens with one attached hydrogen (secondary N) is 1. The van der Waals surface area contributed by atoms with Crippen LogP contribution >= 0.6 is 15.9 Å². The number of hydrogen-bond donors (Lipinski definition) is 1. The molecule has 0 fully saturated rings. The van der Waals surface area contributed by atoms with Gasteiger partial charge in [-0.15, -0.1) is 5.10 Å². The van der Waals surface area contributed by atoms with Crippen LogP contribution in [0, 0.1) is 5.82 Å². The lowest BCUT2D eigenvalue weighted by Crippen LogP contribution is -2.33. The number of halogens is 2. The maximum absolute atomic E-state index is 13.0. The second-order valence-electron chi connectivity index (χ2n) is 5.68. The zero-order valence-electron chi connectivity index (χ0n) is 13.8. The van der Waals surface area contributed by atoms with E-state index in [1.54, 1.807) is 0 Å². The highest BCUT2D eigenvalue weighted by Gasteiger charge is 2.15. The highest BCUT2D eigenvalue weighted by atomic mass is 79.9. The quantitative estimate of drug-likeness (QED) is 0.688.